The lowest BCUT2D eigenvalue weighted by molar-refractivity contribution is 0.0179. The van der Waals surface area contributed by atoms with Crippen LogP contribution in [0.5, 0.6) is 0 Å². The molecule has 6 nitrogen and oxygen atoms in total. The highest BCUT2D eigenvalue weighted by molar-refractivity contribution is 5.93. The molecule has 1 aliphatic carbocycles. The Hall–Kier alpha value is -1.69. The van der Waals surface area contributed by atoms with Gasteiger partial charge >= 0.3 is 0 Å². The molecule has 1 heterocycles. The zero-order valence-electron chi connectivity index (χ0n) is 11.3. The van der Waals surface area contributed by atoms with Gasteiger partial charge in [0.2, 0.25) is 0 Å². The predicted octanol–water partition coefficient (Wildman–Crippen LogP) is 0.625. The lowest BCUT2D eigenvalue weighted by Gasteiger charge is -2.41. The van der Waals surface area contributed by atoms with Crippen molar-refractivity contribution in [1.82, 2.24) is 15.3 Å². The standard InChI is InChI=1S/C13H19N3O3/c1-9-14-6-10(12(18)16-9)11(17)15-7-13(8-19-2)4-3-5-13/h6H,3-5,7-8H2,1-2H3,(H,15,17)(H,14,16,18). The van der Waals surface area contributed by atoms with E-state index in [2.05, 4.69) is 15.3 Å². The summed E-state index contributed by atoms with van der Waals surface area (Å²) in [7, 11) is 1.66. The van der Waals surface area contributed by atoms with Gasteiger partial charge in [-0.15, -0.1) is 0 Å². The number of amides is 1. The number of aromatic amines is 1. The van der Waals surface area contributed by atoms with Gasteiger partial charge in [-0.1, -0.05) is 6.42 Å². The summed E-state index contributed by atoms with van der Waals surface area (Å²) in [6.07, 6.45) is 4.56. The monoisotopic (exact) mass is 265 g/mol. The van der Waals surface area contributed by atoms with Gasteiger partial charge in [0.15, 0.2) is 0 Å². The zero-order chi connectivity index (χ0) is 13.9. The Labute approximate surface area is 111 Å². The van der Waals surface area contributed by atoms with Crippen LogP contribution in [0.2, 0.25) is 0 Å². The van der Waals surface area contributed by atoms with Crippen LogP contribution < -0.4 is 10.9 Å². The van der Waals surface area contributed by atoms with Gasteiger partial charge in [0.1, 0.15) is 11.4 Å². The number of hydrogen-bond donors (Lipinski definition) is 2. The summed E-state index contributed by atoms with van der Waals surface area (Å²) in [4.78, 5) is 30.0. The van der Waals surface area contributed by atoms with E-state index in [9.17, 15) is 9.59 Å². The average Bonchev–Trinajstić information content (AvgIpc) is 2.32. The van der Waals surface area contributed by atoms with Crippen LogP contribution in [0.4, 0.5) is 0 Å². The van der Waals surface area contributed by atoms with Gasteiger partial charge in [0, 0.05) is 25.3 Å². The number of nitrogens with zero attached hydrogens (tertiary/aromatic N) is 1. The highest BCUT2D eigenvalue weighted by Gasteiger charge is 2.37. The minimum absolute atomic E-state index is 0.0370. The van der Waals surface area contributed by atoms with Crippen LogP contribution in [0.1, 0.15) is 35.4 Å². The molecule has 0 saturated heterocycles. The fraction of sp³-hybridized carbons (Fsp3) is 0.615. The first-order chi connectivity index (χ1) is 9.06. The molecule has 0 unspecified atom stereocenters. The van der Waals surface area contributed by atoms with Crippen molar-refractivity contribution in [3.05, 3.63) is 27.9 Å². The number of aromatic nitrogens is 2. The van der Waals surface area contributed by atoms with E-state index in [4.69, 9.17) is 4.74 Å². The SMILES string of the molecule is COCC1(CNC(=O)c2cnc(C)[nH]c2=O)CCC1. The van der Waals surface area contributed by atoms with E-state index < -0.39 is 5.56 Å². The normalized spacial score (nSPS) is 16.7. The van der Waals surface area contributed by atoms with Crippen LogP contribution in [-0.4, -0.2) is 36.1 Å². The maximum atomic E-state index is 12.0. The third-order valence-corrected chi connectivity index (χ3v) is 3.66. The number of methoxy groups -OCH3 is 1. The summed E-state index contributed by atoms with van der Waals surface area (Å²) < 4.78 is 5.20. The first-order valence-corrected chi connectivity index (χ1v) is 6.39. The van der Waals surface area contributed by atoms with Gasteiger partial charge in [0.25, 0.3) is 11.5 Å². The molecule has 1 aromatic rings. The molecule has 1 amide bonds. The molecule has 0 aromatic carbocycles. The maximum Gasteiger partial charge on any atom is 0.263 e. The Kier molecular flexibility index (Phi) is 3.99. The van der Waals surface area contributed by atoms with Crippen LogP contribution in [0.3, 0.4) is 0 Å². The highest BCUT2D eigenvalue weighted by atomic mass is 16.5. The average molecular weight is 265 g/mol. The van der Waals surface area contributed by atoms with Gasteiger partial charge in [-0.25, -0.2) is 4.98 Å². The van der Waals surface area contributed by atoms with E-state index >= 15 is 0 Å². The fourth-order valence-corrected chi connectivity index (χ4v) is 2.36. The molecule has 0 spiro atoms. The second kappa shape index (κ2) is 5.52. The summed E-state index contributed by atoms with van der Waals surface area (Å²) >= 11 is 0. The first-order valence-electron chi connectivity index (χ1n) is 6.39. The fourth-order valence-electron chi connectivity index (χ4n) is 2.36. The third kappa shape index (κ3) is 3.01. The Morgan fingerprint density at radius 3 is 2.84 bits per heavy atom. The van der Waals surface area contributed by atoms with E-state index in [0.29, 0.717) is 19.0 Å². The molecule has 0 atom stereocenters. The Morgan fingerprint density at radius 2 is 2.32 bits per heavy atom. The number of H-pyrrole nitrogens is 1. The molecule has 6 heteroatoms. The molecule has 1 aromatic heterocycles. The largest absolute Gasteiger partial charge is 0.384 e. The molecule has 104 valence electrons. The Morgan fingerprint density at radius 1 is 1.58 bits per heavy atom. The lowest BCUT2D eigenvalue weighted by atomic mass is 9.69. The number of aryl methyl sites for hydroxylation is 1. The molecular weight excluding hydrogens is 246 g/mol. The van der Waals surface area contributed by atoms with E-state index in [1.165, 1.54) is 6.20 Å². The van der Waals surface area contributed by atoms with Gasteiger partial charge in [-0.2, -0.15) is 0 Å². The predicted molar refractivity (Wildman–Crippen MR) is 70.1 cm³/mol. The van der Waals surface area contributed by atoms with Gasteiger partial charge in [-0.3, -0.25) is 9.59 Å². The summed E-state index contributed by atoms with van der Waals surface area (Å²) in [5.41, 5.74) is -0.313. The van der Waals surface area contributed by atoms with Crippen molar-refractivity contribution in [2.45, 2.75) is 26.2 Å². The quantitative estimate of drug-likeness (QED) is 0.817. The lowest BCUT2D eigenvalue weighted by Crippen LogP contribution is -2.45. The number of rotatable bonds is 5. The Balaban J connectivity index is 1.99. The molecule has 2 rings (SSSR count). The smallest absolute Gasteiger partial charge is 0.263 e. The van der Waals surface area contributed by atoms with Crippen LogP contribution in [0.25, 0.3) is 0 Å². The molecule has 0 radical (unpaired) electrons. The van der Waals surface area contributed by atoms with Crippen molar-refractivity contribution < 1.29 is 9.53 Å². The second-order valence-corrected chi connectivity index (χ2v) is 5.18. The van der Waals surface area contributed by atoms with Crippen molar-refractivity contribution in [2.75, 3.05) is 20.3 Å². The summed E-state index contributed by atoms with van der Waals surface area (Å²) in [6, 6.07) is 0. The van der Waals surface area contributed by atoms with Gasteiger partial charge in [0.05, 0.1) is 6.61 Å². The molecule has 1 saturated carbocycles. The summed E-state index contributed by atoms with van der Waals surface area (Å²) in [5.74, 6) is 0.118. The number of carbonyl (C=O) groups is 1. The zero-order valence-corrected chi connectivity index (χ0v) is 11.3. The third-order valence-electron chi connectivity index (χ3n) is 3.66. The van der Waals surface area contributed by atoms with Crippen molar-refractivity contribution in [3.63, 3.8) is 0 Å². The molecule has 2 N–H and O–H groups in total. The van der Waals surface area contributed by atoms with Crippen LogP contribution in [0, 0.1) is 12.3 Å². The number of carbonyl (C=O) groups excluding carboxylic acids is 1. The Bertz CT molecular complexity index is 520. The van der Waals surface area contributed by atoms with Crippen LogP contribution >= 0.6 is 0 Å². The molecule has 0 aliphatic heterocycles. The molecule has 1 fully saturated rings. The maximum absolute atomic E-state index is 12.0. The number of nitrogens with one attached hydrogen (secondary N) is 2. The van der Waals surface area contributed by atoms with E-state index in [1.54, 1.807) is 14.0 Å². The van der Waals surface area contributed by atoms with Crippen molar-refractivity contribution >= 4 is 5.91 Å². The van der Waals surface area contributed by atoms with Crippen molar-refractivity contribution in [3.8, 4) is 0 Å². The van der Waals surface area contributed by atoms with Gasteiger partial charge < -0.3 is 15.0 Å². The first kappa shape index (κ1) is 13.7. The summed E-state index contributed by atoms with van der Waals surface area (Å²) in [5, 5.41) is 2.81. The highest BCUT2D eigenvalue weighted by Crippen LogP contribution is 2.40. The molecule has 19 heavy (non-hydrogen) atoms. The van der Waals surface area contributed by atoms with Crippen LogP contribution in [-0.2, 0) is 4.74 Å². The topological polar surface area (TPSA) is 84.1 Å². The van der Waals surface area contributed by atoms with Crippen molar-refractivity contribution in [2.24, 2.45) is 5.41 Å². The van der Waals surface area contributed by atoms with E-state index in [-0.39, 0.29) is 16.9 Å². The van der Waals surface area contributed by atoms with Gasteiger partial charge in [-0.05, 0) is 19.8 Å². The molecular formula is C13H19N3O3. The molecule has 1 aliphatic rings. The van der Waals surface area contributed by atoms with Crippen molar-refractivity contribution in [1.29, 1.82) is 0 Å². The number of ether oxygens (including phenoxy) is 1. The molecule has 0 bridgehead atoms. The minimum atomic E-state index is -0.403. The number of hydrogen-bond acceptors (Lipinski definition) is 4. The van der Waals surface area contributed by atoms with E-state index in [0.717, 1.165) is 19.3 Å². The summed E-state index contributed by atoms with van der Waals surface area (Å²) in [6.45, 7) is 2.84. The second-order valence-electron chi connectivity index (χ2n) is 5.18. The van der Waals surface area contributed by atoms with Crippen LogP contribution in [0.15, 0.2) is 11.0 Å². The minimum Gasteiger partial charge on any atom is -0.384 e. The van der Waals surface area contributed by atoms with E-state index in [1.807, 2.05) is 0 Å².